The monoisotopic (exact) mass is 806 g/mol. The maximum Gasteiger partial charge on any atom is 0.297 e. The summed E-state index contributed by atoms with van der Waals surface area (Å²) < 4.78 is 37.1. The largest absolute Gasteiger partial charge is 0.491 e. The molecule has 0 bridgehead atoms. The normalized spacial score (nSPS) is 20.0. The van der Waals surface area contributed by atoms with E-state index in [1.807, 2.05) is 49.4 Å². The average molecular weight is 807 g/mol. The molecule has 3 aromatic carbocycles. The summed E-state index contributed by atoms with van der Waals surface area (Å²) >= 11 is 0. The lowest BCUT2D eigenvalue weighted by Crippen LogP contribution is -2.45. The molecule has 0 unspecified atom stereocenters. The van der Waals surface area contributed by atoms with Crippen molar-refractivity contribution in [2.75, 3.05) is 32.3 Å². The number of carbonyl (C=O) groups excluding carboxylic acids is 2. The lowest BCUT2D eigenvalue weighted by atomic mass is 9.82. The van der Waals surface area contributed by atoms with E-state index in [4.69, 9.17) is 14.2 Å². The summed E-state index contributed by atoms with van der Waals surface area (Å²) in [5.74, 6) is -1.18. The quantitative estimate of drug-likeness (QED) is 0.118. The van der Waals surface area contributed by atoms with Crippen LogP contribution in [-0.2, 0) is 33.0 Å². The number of methoxy groups -OCH3 is 2. The first-order valence-corrected chi connectivity index (χ1v) is 22.1. The van der Waals surface area contributed by atoms with E-state index in [2.05, 4.69) is 0 Å². The van der Waals surface area contributed by atoms with Crippen molar-refractivity contribution < 1.29 is 33.0 Å². The molecule has 1 fully saturated rings. The van der Waals surface area contributed by atoms with Gasteiger partial charge in [0.2, 0.25) is 14.3 Å². The minimum atomic E-state index is -3.67. The number of amides is 2. The van der Waals surface area contributed by atoms with Gasteiger partial charge in [0.15, 0.2) is 17.1 Å². The SMILES string of the molecule is COc1cccn(-c2cccc(CN3C(=O)[C@@]4(O[C@@H](CC(=O)N(CCO)Cc5ccccc5)[C@H]([Si](C)(C)F)[C@H]4C)c4cc(-n5cccc(OC)c5=O)ccc43)c2)c1=O. The fourth-order valence-electron chi connectivity index (χ4n) is 8.71. The topological polar surface area (TPSA) is 133 Å². The molecular weight excluding hydrogens is 760 g/mol. The second kappa shape index (κ2) is 16.2. The predicted molar refractivity (Wildman–Crippen MR) is 220 cm³/mol. The number of pyridine rings is 2. The molecule has 58 heavy (non-hydrogen) atoms. The van der Waals surface area contributed by atoms with Gasteiger partial charge in [-0.2, -0.15) is 0 Å². The number of aliphatic hydroxyl groups is 1. The van der Waals surface area contributed by atoms with Crippen molar-refractivity contribution in [3.05, 3.63) is 147 Å². The van der Waals surface area contributed by atoms with E-state index in [9.17, 15) is 19.5 Å². The van der Waals surface area contributed by atoms with Gasteiger partial charge in [-0.15, -0.1) is 0 Å². The zero-order valence-corrected chi connectivity index (χ0v) is 34.1. The zero-order chi connectivity index (χ0) is 41.4. The summed E-state index contributed by atoms with van der Waals surface area (Å²) in [4.78, 5) is 59.1. The van der Waals surface area contributed by atoms with Crippen LogP contribution in [0.5, 0.6) is 11.5 Å². The van der Waals surface area contributed by atoms with Gasteiger partial charge < -0.3 is 33.2 Å². The number of aromatic nitrogens is 2. The summed E-state index contributed by atoms with van der Waals surface area (Å²) in [7, 11) is -0.831. The van der Waals surface area contributed by atoms with Crippen molar-refractivity contribution in [1.29, 1.82) is 0 Å². The number of fused-ring (bicyclic) bond motifs is 2. The van der Waals surface area contributed by atoms with Crippen molar-refractivity contribution in [2.24, 2.45) is 5.92 Å². The lowest BCUT2D eigenvalue weighted by molar-refractivity contribution is -0.150. The van der Waals surface area contributed by atoms with Crippen LogP contribution in [0.2, 0.25) is 18.6 Å². The van der Waals surface area contributed by atoms with Crippen LogP contribution in [0.25, 0.3) is 11.4 Å². The summed E-state index contributed by atoms with van der Waals surface area (Å²) in [5, 5.41) is 9.92. The number of halogens is 1. The number of aliphatic hydroxyl groups excluding tert-OH is 1. The van der Waals surface area contributed by atoms with Gasteiger partial charge in [-0.25, -0.2) is 0 Å². The molecule has 1 spiro atoms. The average Bonchev–Trinajstić information content (AvgIpc) is 3.63. The summed E-state index contributed by atoms with van der Waals surface area (Å²) in [5.41, 5.74) is 0.275. The van der Waals surface area contributed by atoms with Crippen molar-refractivity contribution in [2.45, 2.75) is 56.8 Å². The molecule has 2 aliphatic heterocycles. The summed E-state index contributed by atoms with van der Waals surface area (Å²) in [6, 6.07) is 28.4. The van der Waals surface area contributed by atoms with Crippen molar-refractivity contribution in [3.63, 3.8) is 0 Å². The summed E-state index contributed by atoms with van der Waals surface area (Å²) in [6.45, 7) is 5.06. The molecule has 0 radical (unpaired) electrons. The molecule has 14 heteroatoms. The van der Waals surface area contributed by atoms with E-state index in [0.717, 1.165) is 5.56 Å². The molecule has 2 amide bonds. The van der Waals surface area contributed by atoms with Gasteiger partial charge >= 0.3 is 0 Å². The molecule has 1 saturated heterocycles. The van der Waals surface area contributed by atoms with E-state index in [-0.39, 0.29) is 55.6 Å². The zero-order valence-electron chi connectivity index (χ0n) is 33.1. The second-order valence-electron chi connectivity index (χ2n) is 15.3. The lowest BCUT2D eigenvalue weighted by Gasteiger charge is -2.31. The first-order valence-electron chi connectivity index (χ1n) is 19.2. The third-order valence-electron chi connectivity index (χ3n) is 11.3. The Labute approximate surface area is 336 Å². The second-order valence-corrected chi connectivity index (χ2v) is 19.1. The highest BCUT2D eigenvalue weighted by atomic mass is 28.4. The molecule has 2 aliphatic rings. The maximum absolute atomic E-state index is 16.8. The molecule has 2 aromatic heterocycles. The molecule has 12 nitrogen and oxygen atoms in total. The Kier molecular flexibility index (Phi) is 11.3. The number of ether oxygens (including phenoxy) is 3. The molecule has 302 valence electrons. The van der Waals surface area contributed by atoms with Crippen LogP contribution in [0.4, 0.5) is 9.80 Å². The van der Waals surface area contributed by atoms with Gasteiger partial charge in [0.25, 0.3) is 17.0 Å². The van der Waals surface area contributed by atoms with Crippen LogP contribution in [-0.4, -0.2) is 72.8 Å². The third-order valence-corrected chi connectivity index (χ3v) is 13.8. The van der Waals surface area contributed by atoms with E-state index >= 15 is 8.90 Å². The van der Waals surface area contributed by atoms with Crippen molar-refractivity contribution >= 4 is 25.9 Å². The van der Waals surface area contributed by atoms with Crippen LogP contribution in [0.15, 0.2) is 119 Å². The van der Waals surface area contributed by atoms with Crippen LogP contribution < -0.4 is 25.5 Å². The predicted octanol–water partition coefficient (Wildman–Crippen LogP) is 5.74. The molecule has 4 heterocycles. The standard InChI is InChI=1S/C44H47FN4O8Si/c1-29-40(58(4,5)45)38(26-39(51)46(22-23-50)27-30-12-7-6-8-13-30)57-44(29)34-25-33(48-21-11-17-37(56-3)42(48)53)18-19-35(34)49(43(44)54)28-31-14-9-15-32(24-31)47-20-10-16-36(55-2)41(47)52/h6-21,24-25,29,38,40,50H,22-23,26-28H2,1-5H3/t29-,38+,40-,44+/m1/s1. The molecule has 0 aliphatic carbocycles. The van der Waals surface area contributed by atoms with Crippen molar-refractivity contribution in [1.82, 2.24) is 14.0 Å². The Morgan fingerprint density at radius 2 is 1.47 bits per heavy atom. The van der Waals surface area contributed by atoms with Gasteiger partial charge in [-0.1, -0.05) is 49.4 Å². The Morgan fingerprint density at radius 3 is 2.07 bits per heavy atom. The molecular formula is C44H47FN4O8Si. The number of anilines is 1. The van der Waals surface area contributed by atoms with Crippen molar-refractivity contribution in [3.8, 4) is 22.9 Å². The third kappa shape index (κ3) is 7.27. The number of rotatable bonds is 13. The molecule has 5 aromatic rings. The van der Waals surface area contributed by atoms with E-state index in [1.165, 1.54) is 28.3 Å². The summed E-state index contributed by atoms with van der Waals surface area (Å²) in [6.07, 6.45) is 2.05. The van der Waals surface area contributed by atoms with Crippen LogP contribution in [0.3, 0.4) is 0 Å². The number of hydrogen-bond acceptors (Lipinski definition) is 8. The fourth-order valence-corrected chi connectivity index (χ4v) is 11.2. The highest BCUT2D eigenvalue weighted by Gasteiger charge is 2.67. The van der Waals surface area contributed by atoms with Crippen LogP contribution in [0, 0.1) is 5.92 Å². The van der Waals surface area contributed by atoms with E-state index in [1.54, 1.807) is 85.0 Å². The first kappa shape index (κ1) is 40.4. The number of benzene rings is 3. The van der Waals surface area contributed by atoms with Gasteiger partial charge in [0.05, 0.1) is 45.6 Å². The molecule has 1 N–H and O–H groups in total. The Bertz CT molecular complexity index is 2450. The fraction of sp³-hybridized carbons (Fsp3) is 0.318. The highest BCUT2D eigenvalue weighted by Crippen LogP contribution is 2.60. The van der Waals surface area contributed by atoms with Gasteiger partial charge in [-0.05, 0) is 78.8 Å². The van der Waals surface area contributed by atoms with Gasteiger partial charge in [0, 0.05) is 53.9 Å². The minimum absolute atomic E-state index is 0.0669. The van der Waals surface area contributed by atoms with Crippen LogP contribution >= 0.6 is 0 Å². The minimum Gasteiger partial charge on any atom is -0.491 e. The van der Waals surface area contributed by atoms with E-state index in [0.29, 0.717) is 28.2 Å². The van der Waals surface area contributed by atoms with E-state index < -0.39 is 43.0 Å². The number of hydrogen-bond donors (Lipinski definition) is 1. The first-order chi connectivity index (χ1) is 27.8. The Hall–Kier alpha value is -5.83. The number of nitrogens with zero attached hydrogens (tertiary/aromatic N) is 4. The van der Waals surface area contributed by atoms with Gasteiger partial charge in [-0.3, -0.25) is 28.3 Å². The van der Waals surface area contributed by atoms with Crippen LogP contribution in [0.1, 0.15) is 30.0 Å². The Morgan fingerprint density at radius 1 is 0.845 bits per heavy atom. The highest BCUT2D eigenvalue weighted by molar-refractivity contribution is 6.72. The smallest absolute Gasteiger partial charge is 0.297 e. The number of carbonyl (C=O) groups is 2. The molecule has 7 rings (SSSR count). The molecule has 0 saturated carbocycles. The molecule has 4 atom stereocenters. The van der Waals surface area contributed by atoms with Gasteiger partial charge in [0.1, 0.15) is 0 Å². The maximum atomic E-state index is 16.8. The Balaban J connectivity index is 1.32.